The van der Waals surface area contributed by atoms with Crippen LogP contribution in [0.2, 0.25) is 0 Å². The van der Waals surface area contributed by atoms with E-state index in [0.29, 0.717) is 10.4 Å². The van der Waals surface area contributed by atoms with Crippen molar-refractivity contribution >= 4 is 29.1 Å². The van der Waals surface area contributed by atoms with Gasteiger partial charge in [-0.25, -0.2) is 4.79 Å². The summed E-state index contributed by atoms with van der Waals surface area (Å²) in [5.41, 5.74) is 8.58. The number of carbonyl (C=O) groups is 3. The zero-order chi connectivity index (χ0) is 21.0. The predicted molar refractivity (Wildman–Crippen MR) is 110 cm³/mol. The van der Waals surface area contributed by atoms with Gasteiger partial charge in [0.15, 0.2) is 6.61 Å². The Bertz CT molecular complexity index is 1040. The second kappa shape index (κ2) is 8.74. The Morgan fingerprint density at radius 1 is 1.03 bits per heavy atom. The van der Waals surface area contributed by atoms with Crippen LogP contribution in [0.25, 0.3) is 5.69 Å². The summed E-state index contributed by atoms with van der Waals surface area (Å²) in [6.07, 6.45) is 0. The summed E-state index contributed by atoms with van der Waals surface area (Å²) < 4.78 is 7.06. The van der Waals surface area contributed by atoms with Crippen LogP contribution in [-0.4, -0.2) is 29.0 Å². The number of esters is 1. The van der Waals surface area contributed by atoms with Gasteiger partial charge in [-0.3, -0.25) is 20.4 Å². The second-order valence-corrected chi connectivity index (χ2v) is 7.46. The number of carbonyl (C=O) groups excluding carboxylic acids is 3. The number of ether oxygens (including phenoxy) is 1. The van der Waals surface area contributed by atoms with Crippen LogP contribution in [0, 0.1) is 20.8 Å². The van der Waals surface area contributed by atoms with Crippen molar-refractivity contribution in [3.05, 3.63) is 75.2 Å². The molecule has 0 fully saturated rings. The molecule has 1 aromatic carbocycles. The minimum atomic E-state index is -0.629. The van der Waals surface area contributed by atoms with Gasteiger partial charge >= 0.3 is 5.97 Å². The summed E-state index contributed by atoms with van der Waals surface area (Å²) in [6.45, 7) is 5.23. The average Bonchev–Trinajstić information content (AvgIpc) is 3.33. The number of aryl methyl sites for hydroxylation is 2. The molecular weight excluding hydrogens is 390 g/mol. The Kier molecular flexibility index (Phi) is 6.13. The fraction of sp³-hybridized carbons (Fsp3) is 0.190. The lowest BCUT2D eigenvalue weighted by atomic mass is 10.2. The highest BCUT2D eigenvalue weighted by molar-refractivity contribution is 7.12. The number of hydrogen-bond acceptors (Lipinski definition) is 5. The third kappa shape index (κ3) is 4.72. The molecule has 2 amide bonds. The van der Waals surface area contributed by atoms with Gasteiger partial charge in [0, 0.05) is 17.1 Å². The Morgan fingerprint density at radius 2 is 1.76 bits per heavy atom. The van der Waals surface area contributed by atoms with E-state index >= 15 is 0 Å². The predicted octanol–water partition coefficient (Wildman–Crippen LogP) is 3.08. The summed E-state index contributed by atoms with van der Waals surface area (Å²) in [5.74, 6) is -1.66. The fourth-order valence-electron chi connectivity index (χ4n) is 2.90. The van der Waals surface area contributed by atoms with E-state index in [4.69, 9.17) is 4.74 Å². The Labute approximate surface area is 172 Å². The summed E-state index contributed by atoms with van der Waals surface area (Å²) in [5, 5.41) is 1.76. The lowest BCUT2D eigenvalue weighted by molar-refractivity contribution is -0.125. The number of thiophene rings is 1. The zero-order valence-corrected chi connectivity index (χ0v) is 17.1. The second-order valence-electron chi connectivity index (χ2n) is 6.51. The minimum Gasteiger partial charge on any atom is -0.452 e. The van der Waals surface area contributed by atoms with E-state index in [1.807, 2.05) is 49.6 Å². The number of hydrogen-bond donors (Lipinski definition) is 2. The first-order valence-corrected chi connectivity index (χ1v) is 9.80. The van der Waals surface area contributed by atoms with Crippen LogP contribution >= 0.6 is 11.3 Å². The standard InChI is InChI=1S/C21H21N3O4S/c1-13-6-8-16(9-7-13)24-14(2)11-17(15(24)3)21(27)28-12-19(25)22-23-20(26)18-5-4-10-29-18/h4-11H,12H2,1-3H3,(H,22,25)(H,23,26). The molecule has 0 bridgehead atoms. The van der Waals surface area contributed by atoms with E-state index in [-0.39, 0.29) is 0 Å². The Morgan fingerprint density at radius 3 is 2.41 bits per heavy atom. The highest BCUT2D eigenvalue weighted by Gasteiger charge is 2.19. The number of benzene rings is 1. The number of aromatic nitrogens is 1. The molecule has 0 saturated carbocycles. The molecule has 150 valence electrons. The van der Waals surface area contributed by atoms with Crippen molar-refractivity contribution in [2.24, 2.45) is 0 Å². The molecule has 2 heterocycles. The maximum absolute atomic E-state index is 12.4. The Hall–Kier alpha value is -3.39. The van der Waals surface area contributed by atoms with E-state index in [1.165, 1.54) is 11.3 Å². The molecule has 0 radical (unpaired) electrons. The van der Waals surface area contributed by atoms with E-state index in [1.54, 1.807) is 23.6 Å². The van der Waals surface area contributed by atoms with Crippen LogP contribution < -0.4 is 10.9 Å². The van der Waals surface area contributed by atoms with Crippen LogP contribution in [0.4, 0.5) is 0 Å². The van der Waals surface area contributed by atoms with Crippen molar-refractivity contribution in [2.45, 2.75) is 20.8 Å². The van der Waals surface area contributed by atoms with E-state index < -0.39 is 24.4 Å². The van der Waals surface area contributed by atoms with E-state index in [2.05, 4.69) is 10.9 Å². The van der Waals surface area contributed by atoms with Crippen molar-refractivity contribution in [1.29, 1.82) is 0 Å². The molecule has 3 rings (SSSR count). The molecule has 2 aromatic heterocycles. The maximum atomic E-state index is 12.4. The molecule has 29 heavy (non-hydrogen) atoms. The quantitative estimate of drug-likeness (QED) is 0.499. The van der Waals surface area contributed by atoms with Crippen molar-refractivity contribution in [3.63, 3.8) is 0 Å². The summed E-state index contributed by atoms with van der Waals surface area (Å²) in [6, 6.07) is 13.1. The van der Waals surface area contributed by atoms with E-state index in [9.17, 15) is 14.4 Å². The first-order chi connectivity index (χ1) is 13.9. The lowest BCUT2D eigenvalue weighted by Gasteiger charge is -2.10. The molecule has 0 aliphatic heterocycles. The van der Waals surface area contributed by atoms with Crippen LogP contribution in [0.3, 0.4) is 0 Å². The Balaban J connectivity index is 1.59. The number of nitrogens with one attached hydrogen (secondary N) is 2. The van der Waals surface area contributed by atoms with Gasteiger partial charge in [0.2, 0.25) is 0 Å². The smallest absolute Gasteiger partial charge is 0.340 e. The number of rotatable bonds is 5. The van der Waals surface area contributed by atoms with Gasteiger partial charge in [-0.2, -0.15) is 0 Å². The van der Waals surface area contributed by atoms with Gasteiger partial charge < -0.3 is 9.30 Å². The number of hydrazine groups is 1. The molecule has 0 unspecified atom stereocenters. The van der Waals surface area contributed by atoms with Crippen LogP contribution in [0.5, 0.6) is 0 Å². The summed E-state index contributed by atoms with van der Waals surface area (Å²) in [4.78, 5) is 36.6. The number of nitrogens with zero attached hydrogens (tertiary/aromatic N) is 1. The van der Waals surface area contributed by atoms with Crippen LogP contribution in [-0.2, 0) is 9.53 Å². The zero-order valence-electron chi connectivity index (χ0n) is 16.3. The van der Waals surface area contributed by atoms with Gasteiger partial charge in [0.25, 0.3) is 11.8 Å². The number of amides is 2. The topological polar surface area (TPSA) is 89.4 Å². The van der Waals surface area contributed by atoms with Gasteiger partial charge in [0.05, 0.1) is 10.4 Å². The van der Waals surface area contributed by atoms with Crippen LogP contribution in [0.15, 0.2) is 47.8 Å². The molecule has 0 spiro atoms. The SMILES string of the molecule is Cc1ccc(-n2c(C)cc(C(=O)OCC(=O)NNC(=O)c3cccs3)c2C)cc1. The fourth-order valence-corrected chi connectivity index (χ4v) is 3.52. The molecule has 7 nitrogen and oxygen atoms in total. The normalized spacial score (nSPS) is 10.4. The van der Waals surface area contributed by atoms with Crippen molar-refractivity contribution in [3.8, 4) is 5.69 Å². The molecular formula is C21H21N3O4S. The first-order valence-electron chi connectivity index (χ1n) is 8.92. The average molecular weight is 411 g/mol. The molecule has 8 heteroatoms. The summed E-state index contributed by atoms with van der Waals surface area (Å²) >= 11 is 1.25. The minimum absolute atomic E-state index is 0.387. The molecule has 3 aromatic rings. The highest BCUT2D eigenvalue weighted by Crippen LogP contribution is 2.21. The molecule has 0 saturated heterocycles. The van der Waals surface area contributed by atoms with Gasteiger partial charge in [0.1, 0.15) is 0 Å². The largest absolute Gasteiger partial charge is 0.452 e. The van der Waals surface area contributed by atoms with Crippen molar-refractivity contribution in [1.82, 2.24) is 15.4 Å². The molecule has 0 aliphatic carbocycles. The van der Waals surface area contributed by atoms with Gasteiger partial charge in [-0.15, -0.1) is 11.3 Å². The molecule has 2 N–H and O–H groups in total. The van der Waals surface area contributed by atoms with Crippen molar-refractivity contribution < 1.29 is 19.1 Å². The highest BCUT2D eigenvalue weighted by atomic mass is 32.1. The van der Waals surface area contributed by atoms with E-state index in [0.717, 1.165) is 22.6 Å². The molecule has 0 aliphatic rings. The van der Waals surface area contributed by atoms with Gasteiger partial charge in [-0.1, -0.05) is 23.8 Å². The molecule has 0 atom stereocenters. The first kappa shape index (κ1) is 20.3. The lowest BCUT2D eigenvalue weighted by Crippen LogP contribution is -2.43. The van der Waals surface area contributed by atoms with Crippen LogP contribution in [0.1, 0.15) is 37.0 Å². The van der Waals surface area contributed by atoms with Crippen molar-refractivity contribution in [2.75, 3.05) is 6.61 Å². The third-order valence-electron chi connectivity index (χ3n) is 4.34. The maximum Gasteiger partial charge on any atom is 0.340 e. The van der Waals surface area contributed by atoms with Gasteiger partial charge in [-0.05, 0) is 50.4 Å². The monoisotopic (exact) mass is 411 g/mol. The summed E-state index contributed by atoms with van der Waals surface area (Å²) in [7, 11) is 0. The third-order valence-corrected chi connectivity index (χ3v) is 5.21.